The Morgan fingerprint density at radius 1 is 1.26 bits per heavy atom. The van der Waals surface area contributed by atoms with Crippen LogP contribution >= 0.6 is 7.60 Å². The number of hydrogen-bond acceptors (Lipinski definition) is 3. The molecular weight excluding hydrogens is 339 g/mol. The van der Waals surface area contributed by atoms with E-state index in [0.717, 1.165) is 18.8 Å². The number of rotatable bonds is 10. The molecule has 1 atom stereocenters. The van der Waals surface area contributed by atoms with Gasteiger partial charge in [-0.2, -0.15) is 8.42 Å². The van der Waals surface area contributed by atoms with Crippen LogP contribution in [0.2, 0.25) is 0 Å². The summed E-state index contributed by atoms with van der Waals surface area (Å²) < 4.78 is 42.1. The minimum atomic E-state index is -4.85. The van der Waals surface area contributed by atoms with Crippen molar-refractivity contribution in [2.24, 2.45) is 5.92 Å². The van der Waals surface area contributed by atoms with Crippen LogP contribution in [0.1, 0.15) is 71.1 Å². The summed E-state index contributed by atoms with van der Waals surface area (Å²) in [7, 11) is -9.58. The molecule has 0 amide bonds. The Balaban J connectivity index is 2.29. The van der Waals surface area contributed by atoms with Crippen molar-refractivity contribution in [2.75, 3.05) is 0 Å². The maximum Gasteiger partial charge on any atom is 0.346 e. The molecule has 1 saturated carbocycles. The van der Waals surface area contributed by atoms with Crippen LogP contribution in [0, 0.1) is 5.92 Å². The summed E-state index contributed by atoms with van der Waals surface area (Å²) in [5.41, 5.74) is 1.22. The first-order valence-electron chi connectivity index (χ1n) is 8.28. The van der Waals surface area contributed by atoms with E-state index in [1.807, 2.05) is 13.0 Å². The van der Waals surface area contributed by atoms with Crippen LogP contribution < -0.4 is 0 Å². The third kappa shape index (κ3) is 8.45. The standard InChI is InChI=1S/C15H29O6PS/c1-13(8-6-11-14-9-3-4-10-14)7-2-5-12-15(22(16,17)18)23(19,20)21/h7,14-15H,2-6,8-12H2,1H3,(H2,16,17,18)(H,19,20,21)/b13-7+. The van der Waals surface area contributed by atoms with Gasteiger partial charge in [0.05, 0.1) is 0 Å². The molecule has 0 radical (unpaired) electrons. The predicted octanol–water partition coefficient (Wildman–Crippen LogP) is 3.86. The van der Waals surface area contributed by atoms with Gasteiger partial charge >= 0.3 is 7.60 Å². The smallest absolute Gasteiger partial charge is 0.323 e. The molecule has 8 heteroatoms. The number of hydrogen-bond donors (Lipinski definition) is 3. The van der Waals surface area contributed by atoms with Gasteiger partial charge in [-0.25, -0.2) is 0 Å². The van der Waals surface area contributed by atoms with Crippen molar-refractivity contribution < 1.29 is 27.3 Å². The molecule has 1 unspecified atom stereocenters. The van der Waals surface area contributed by atoms with E-state index in [1.54, 1.807) is 0 Å². The lowest BCUT2D eigenvalue weighted by molar-refractivity contribution is 0.360. The maximum atomic E-state index is 11.1. The lowest BCUT2D eigenvalue weighted by Crippen LogP contribution is -2.20. The Morgan fingerprint density at radius 3 is 2.39 bits per heavy atom. The largest absolute Gasteiger partial charge is 0.346 e. The van der Waals surface area contributed by atoms with Crippen molar-refractivity contribution in [1.29, 1.82) is 0 Å². The van der Waals surface area contributed by atoms with Crippen molar-refractivity contribution in [3.63, 3.8) is 0 Å². The maximum absolute atomic E-state index is 11.1. The zero-order valence-corrected chi connectivity index (χ0v) is 15.4. The first kappa shape index (κ1) is 20.8. The lowest BCUT2D eigenvalue weighted by atomic mass is 9.98. The van der Waals surface area contributed by atoms with Crippen LogP contribution in [0.3, 0.4) is 0 Å². The van der Waals surface area contributed by atoms with Gasteiger partial charge in [0.15, 0.2) is 4.99 Å². The van der Waals surface area contributed by atoms with Crippen molar-refractivity contribution in [2.45, 2.75) is 76.1 Å². The fraction of sp³-hybridized carbons (Fsp3) is 0.867. The van der Waals surface area contributed by atoms with E-state index in [-0.39, 0.29) is 6.42 Å². The fourth-order valence-electron chi connectivity index (χ4n) is 3.20. The average Bonchev–Trinajstić information content (AvgIpc) is 2.88. The minimum absolute atomic E-state index is 0.241. The molecule has 6 nitrogen and oxygen atoms in total. The van der Waals surface area contributed by atoms with E-state index in [1.165, 1.54) is 37.7 Å². The second-order valence-corrected chi connectivity index (χ2v) is 10.3. The van der Waals surface area contributed by atoms with E-state index in [2.05, 4.69) is 0 Å². The van der Waals surface area contributed by atoms with Crippen LogP contribution in [0.5, 0.6) is 0 Å². The molecule has 1 rings (SSSR count). The van der Waals surface area contributed by atoms with E-state index in [4.69, 9.17) is 14.3 Å². The topological polar surface area (TPSA) is 112 Å². The summed E-state index contributed by atoms with van der Waals surface area (Å²) in [5.74, 6) is 0.876. The molecule has 0 aromatic rings. The molecule has 3 N–H and O–H groups in total. The molecule has 136 valence electrons. The van der Waals surface area contributed by atoms with Gasteiger partial charge in [-0.05, 0) is 44.9 Å². The van der Waals surface area contributed by atoms with E-state index >= 15 is 0 Å². The summed E-state index contributed by atoms with van der Waals surface area (Å²) in [6, 6.07) is 0. The quantitative estimate of drug-likeness (QED) is 0.234. The highest BCUT2D eigenvalue weighted by atomic mass is 32.2. The lowest BCUT2D eigenvalue weighted by Gasteiger charge is -2.14. The molecular formula is C15H29O6PS. The molecule has 0 saturated heterocycles. The van der Waals surface area contributed by atoms with Crippen molar-refractivity contribution >= 4 is 17.7 Å². The number of allylic oxidation sites excluding steroid dienone is 2. The molecule has 1 fully saturated rings. The van der Waals surface area contributed by atoms with Gasteiger partial charge in [-0.3, -0.25) is 9.12 Å². The fourth-order valence-corrected chi connectivity index (χ4v) is 5.57. The molecule has 0 aliphatic heterocycles. The van der Waals surface area contributed by atoms with Crippen molar-refractivity contribution in [3.8, 4) is 0 Å². The third-order valence-corrected chi connectivity index (χ3v) is 8.08. The van der Waals surface area contributed by atoms with Crippen LogP contribution in [0.4, 0.5) is 0 Å². The van der Waals surface area contributed by atoms with E-state index in [9.17, 15) is 13.0 Å². The summed E-state index contributed by atoms with van der Waals surface area (Å²) in [6.07, 6.45) is 11.5. The van der Waals surface area contributed by atoms with Gasteiger partial charge < -0.3 is 9.79 Å². The van der Waals surface area contributed by atoms with Crippen LogP contribution in [-0.4, -0.2) is 27.7 Å². The van der Waals surface area contributed by atoms with Gasteiger partial charge in [0.25, 0.3) is 10.1 Å². The Bertz CT molecular complexity index is 530. The summed E-state index contributed by atoms with van der Waals surface area (Å²) in [6.45, 7) is 2.03. The normalized spacial score (nSPS) is 19.2. The highest BCUT2D eigenvalue weighted by molar-refractivity contribution is 7.93. The molecule has 0 aromatic carbocycles. The SMILES string of the molecule is C/C(=C\CCCC(P(=O)(O)O)S(=O)(=O)O)CCCC1CCCC1. The molecule has 0 bridgehead atoms. The summed E-state index contributed by atoms with van der Waals surface area (Å²) in [4.78, 5) is 16.0. The molecule has 0 spiro atoms. The molecule has 1 aliphatic rings. The summed E-state index contributed by atoms with van der Waals surface area (Å²) >= 11 is 0. The van der Waals surface area contributed by atoms with Gasteiger partial charge in [0.1, 0.15) is 0 Å². The van der Waals surface area contributed by atoms with Crippen LogP contribution in [-0.2, 0) is 14.7 Å². The monoisotopic (exact) mass is 368 g/mol. The average molecular weight is 368 g/mol. The first-order chi connectivity index (χ1) is 10.6. The third-order valence-electron chi connectivity index (χ3n) is 4.53. The Labute approximate surface area is 139 Å². The highest BCUT2D eigenvalue weighted by Crippen LogP contribution is 2.46. The van der Waals surface area contributed by atoms with Crippen LogP contribution in [0.25, 0.3) is 0 Å². The van der Waals surface area contributed by atoms with Crippen molar-refractivity contribution in [3.05, 3.63) is 11.6 Å². The van der Waals surface area contributed by atoms with Crippen molar-refractivity contribution in [1.82, 2.24) is 0 Å². The summed E-state index contributed by atoms with van der Waals surface area (Å²) in [5, 5.41) is 0. The number of unbranched alkanes of at least 4 members (excludes halogenated alkanes) is 1. The zero-order valence-electron chi connectivity index (χ0n) is 13.7. The predicted molar refractivity (Wildman–Crippen MR) is 90.8 cm³/mol. The Hall–Kier alpha value is -0.200. The zero-order chi connectivity index (χ0) is 17.5. The van der Waals surface area contributed by atoms with E-state index < -0.39 is 22.7 Å². The molecule has 23 heavy (non-hydrogen) atoms. The first-order valence-corrected chi connectivity index (χ1v) is 11.5. The van der Waals surface area contributed by atoms with Gasteiger partial charge in [0.2, 0.25) is 0 Å². The molecule has 1 aliphatic carbocycles. The van der Waals surface area contributed by atoms with E-state index in [0.29, 0.717) is 12.8 Å². The molecule has 0 aromatic heterocycles. The Kier molecular flexibility index (Phi) is 8.45. The second kappa shape index (κ2) is 9.33. The van der Waals surface area contributed by atoms with Crippen LogP contribution in [0.15, 0.2) is 11.6 Å². The Morgan fingerprint density at radius 2 is 1.87 bits per heavy atom. The highest BCUT2D eigenvalue weighted by Gasteiger charge is 2.38. The molecule has 0 heterocycles. The van der Waals surface area contributed by atoms with Gasteiger partial charge in [0, 0.05) is 0 Å². The van der Waals surface area contributed by atoms with Gasteiger partial charge in [-0.15, -0.1) is 0 Å². The second-order valence-electron chi connectivity index (χ2n) is 6.58. The minimum Gasteiger partial charge on any atom is -0.323 e. The van der Waals surface area contributed by atoms with Gasteiger partial charge in [-0.1, -0.05) is 43.8 Å².